The van der Waals surface area contributed by atoms with E-state index in [1.54, 1.807) is 0 Å². The van der Waals surface area contributed by atoms with Crippen molar-refractivity contribution in [2.45, 2.75) is 185 Å². The molecule has 0 bridgehead atoms. The van der Waals surface area contributed by atoms with E-state index in [9.17, 15) is 8.42 Å². The van der Waals surface area contributed by atoms with Gasteiger partial charge >= 0.3 is 0 Å². The van der Waals surface area contributed by atoms with E-state index in [0.29, 0.717) is 13.0 Å². The average Bonchev–Trinajstić information content (AvgIpc) is 3.68. The van der Waals surface area contributed by atoms with Crippen LogP contribution in [-0.4, -0.2) is 81.6 Å². The number of benzene rings is 4. The maximum atomic E-state index is 13.3. The Bertz CT molecular complexity index is 2070. The Morgan fingerprint density at radius 2 is 1.00 bits per heavy atom. The molecule has 8 atom stereocenters. The van der Waals surface area contributed by atoms with Crippen LogP contribution < -0.4 is 0 Å². The molecule has 0 unspecified atom stereocenters. The fourth-order valence-electron chi connectivity index (χ4n) is 9.05. The quantitative estimate of drug-likeness (QED) is 0.0258. The van der Waals surface area contributed by atoms with E-state index in [1.807, 2.05) is 135 Å². The van der Waals surface area contributed by atoms with E-state index < -0.39 is 70.1 Å². The summed E-state index contributed by atoms with van der Waals surface area (Å²) in [6.45, 7) is 6.84. The Morgan fingerprint density at radius 1 is 0.551 bits per heavy atom. The maximum absolute atomic E-state index is 13.3. The second-order valence-corrected chi connectivity index (χ2v) is 21.0. The lowest BCUT2D eigenvalue weighted by molar-refractivity contribution is -0.331. The number of rotatable bonds is 33. The molecule has 11 nitrogen and oxygen atoms in total. The molecule has 0 aromatic heterocycles. The van der Waals surface area contributed by atoms with Gasteiger partial charge in [-0.3, -0.25) is 4.18 Å². The van der Waals surface area contributed by atoms with Crippen LogP contribution in [0, 0.1) is 0 Å². The lowest BCUT2D eigenvalue weighted by Crippen LogP contribution is -2.62. The first-order valence-electron chi connectivity index (χ1n) is 25.3. The highest BCUT2D eigenvalue weighted by molar-refractivity contribution is 7.87. The summed E-state index contributed by atoms with van der Waals surface area (Å²) in [5.41, 5.74) is 3.87. The predicted molar refractivity (Wildman–Crippen MR) is 270 cm³/mol. The van der Waals surface area contributed by atoms with E-state index in [4.69, 9.17) is 53.7 Å². The van der Waals surface area contributed by atoms with E-state index in [0.717, 1.165) is 41.5 Å². The summed E-state index contributed by atoms with van der Waals surface area (Å²) in [6, 6.07) is 39.6. The van der Waals surface area contributed by atoms with Gasteiger partial charge in [0.2, 0.25) is 0 Å². The van der Waals surface area contributed by atoms with E-state index in [2.05, 4.69) is 6.92 Å². The van der Waals surface area contributed by atoms with Crippen LogP contribution in [0.25, 0.3) is 0 Å². The van der Waals surface area contributed by atoms with E-state index in [-0.39, 0.29) is 33.0 Å². The van der Waals surface area contributed by atoms with Crippen molar-refractivity contribution in [1.82, 2.24) is 0 Å². The smallest absolute Gasteiger partial charge is 0.281 e. The SMILES string of the molecule is CCCCCCCCCCCCCC[C@H]1OC(C)(C)O[C@H]1[C@@H](CO[C@H]1O[C@H](COCc2ccccc2)[C@H](OCc2ccccc2)[C@H](OCc2ccccc2)[C@H]1OCc1ccccc1)OS(=O)(=O)CCl. The molecule has 0 saturated carbocycles. The Balaban J connectivity index is 1.23. The van der Waals surface area contributed by atoms with Crippen molar-refractivity contribution in [3.8, 4) is 0 Å². The van der Waals surface area contributed by atoms with Crippen molar-refractivity contribution in [1.29, 1.82) is 0 Å². The number of unbranched alkanes of at least 4 members (excludes halogenated alkanes) is 11. The molecule has 4 aromatic rings. The normalized spacial score (nSPS) is 23.0. The second-order valence-electron chi connectivity index (χ2n) is 18.8. The van der Waals surface area contributed by atoms with Gasteiger partial charge in [-0.25, -0.2) is 0 Å². The number of halogens is 1. The van der Waals surface area contributed by atoms with Gasteiger partial charge in [0.1, 0.15) is 41.8 Å². The Hall–Kier alpha value is -3.24. The molecular formula is C56H77ClO11S. The molecule has 6 rings (SSSR count). The van der Waals surface area contributed by atoms with Crippen LogP contribution in [0.1, 0.15) is 126 Å². The second kappa shape index (κ2) is 29.9. The third-order valence-electron chi connectivity index (χ3n) is 12.6. The largest absolute Gasteiger partial charge is 0.374 e. The molecule has 0 N–H and O–H groups in total. The molecule has 2 aliphatic rings. The first-order valence-corrected chi connectivity index (χ1v) is 27.4. The third-order valence-corrected chi connectivity index (χ3v) is 14.2. The molecule has 2 aliphatic heterocycles. The summed E-state index contributed by atoms with van der Waals surface area (Å²) in [5, 5.41) is -0.747. The van der Waals surface area contributed by atoms with Gasteiger partial charge in [0.25, 0.3) is 10.1 Å². The van der Waals surface area contributed by atoms with Crippen molar-refractivity contribution in [3.05, 3.63) is 144 Å². The Labute approximate surface area is 417 Å². The highest BCUT2D eigenvalue weighted by Crippen LogP contribution is 2.36. The van der Waals surface area contributed by atoms with E-state index >= 15 is 0 Å². The van der Waals surface area contributed by atoms with Crippen molar-refractivity contribution >= 4 is 21.7 Å². The minimum absolute atomic E-state index is 0.125. The molecule has 0 amide bonds. The summed E-state index contributed by atoms with van der Waals surface area (Å²) in [4.78, 5) is 0. The Kier molecular flexibility index (Phi) is 23.9. The number of hydrogen-bond acceptors (Lipinski definition) is 11. The number of alkyl halides is 1. The van der Waals surface area contributed by atoms with Crippen LogP contribution in [0.5, 0.6) is 0 Å². The fraction of sp³-hybridized carbons (Fsp3) is 0.571. The van der Waals surface area contributed by atoms with Gasteiger partial charge in [-0.1, -0.05) is 205 Å². The average molecular weight is 994 g/mol. The molecule has 0 radical (unpaired) electrons. The molecule has 69 heavy (non-hydrogen) atoms. The van der Waals surface area contributed by atoms with Crippen LogP contribution in [-0.2, 0) is 78.6 Å². The van der Waals surface area contributed by atoms with Gasteiger partial charge in [-0.2, -0.15) is 8.42 Å². The summed E-state index contributed by atoms with van der Waals surface area (Å²) < 4.78 is 85.9. The van der Waals surface area contributed by atoms with Gasteiger partial charge in [0.15, 0.2) is 12.1 Å². The lowest BCUT2D eigenvalue weighted by Gasteiger charge is -2.46. The van der Waals surface area contributed by atoms with Crippen molar-refractivity contribution in [2.24, 2.45) is 0 Å². The zero-order valence-corrected chi connectivity index (χ0v) is 42.7. The summed E-state index contributed by atoms with van der Waals surface area (Å²) in [6.07, 6.45) is 8.82. The lowest BCUT2D eigenvalue weighted by atomic mass is 9.97. The van der Waals surface area contributed by atoms with Gasteiger partial charge < -0.3 is 37.9 Å². The summed E-state index contributed by atoms with van der Waals surface area (Å²) in [5.74, 6) is -0.998. The molecule has 2 saturated heterocycles. The monoisotopic (exact) mass is 992 g/mol. The van der Waals surface area contributed by atoms with Crippen LogP contribution in [0.3, 0.4) is 0 Å². The van der Waals surface area contributed by atoms with Crippen LogP contribution in [0.4, 0.5) is 0 Å². The minimum atomic E-state index is -4.21. The molecule has 2 heterocycles. The standard InChI is InChI=1S/C56H77ClO11S/c1-4-5-6-7-8-9-10-11-12-13-14-27-36-48-51(67-56(2,3)66-48)50(68-69(58,59)43-57)42-64-55-54(63-40-47-34-25-18-26-35-47)53(62-39-46-32-23-17-24-33-46)52(61-38-45-30-21-16-22-31-45)49(65-55)41-60-37-44-28-19-15-20-29-44/h15-26,28-35,48-55H,4-14,27,36-43H2,1-3H3/t48-,49-,50-,51-,52+,53+,54-,55+/m1/s1. The highest BCUT2D eigenvalue weighted by atomic mass is 35.5. The minimum Gasteiger partial charge on any atom is -0.374 e. The first-order chi connectivity index (χ1) is 33.6. The molecule has 0 aliphatic carbocycles. The fourth-order valence-corrected chi connectivity index (χ4v) is 9.80. The number of ether oxygens (including phenoxy) is 8. The van der Waals surface area contributed by atoms with Crippen LogP contribution in [0.2, 0.25) is 0 Å². The molecule has 13 heteroatoms. The zero-order chi connectivity index (χ0) is 48.6. The van der Waals surface area contributed by atoms with Crippen molar-refractivity contribution < 1.29 is 50.5 Å². The summed E-state index contributed by atoms with van der Waals surface area (Å²) in [7, 11) is -4.21. The van der Waals surface area contributed by atoms with E-state index in [1.165, 1.54) is 57.8 Å². The Morgan fingerprint density at radius 3 is 1.49 bits per heavy atom. The molecule has 0 spiro atoms. The van der Waals surface area contributed by atoms with Crippen LogP contribution in [0.15, 0.2) is 121 Å². The van der Waals surface area contributed by atoms with Gasteiger partial charge in [-0.05, 0) is 42.5 Å². The van der Waals surface area contributed by atoms with Gasteiger partial charge in [0.05, 0.1) is 45.7 Å². The first kappa shape index (κ1) is 55.1. The van der Waals surface area contributed by atoms with Gasteiger partial charge in [-0.15, -0.1) is 11.6 Å². The predicted octanol–water partition coefficient (Wildman–Crippen LogP) is 12.2. The zero-order valence-electron chi connectivity index (χ0n) is 41.1. The number of hydrogen-bond donors (Lipinski definition) is 0. The van der Waals surface area contributed by atoms with Gasteiger partial charge in [0, 0.05) is 0 Å². The third kappa shape index (κ3) is 19.4. The van der Waals surface area contributed by atoms with Crippen molar-refractivity contribution in [3.63, 3.8) is 0 Å². The molecule has 2 fully saturated rings. The topological polar surface area (TPSA) is 117 Å². The maximum Gasteiger partial charge on any atom is 0.281 e. The highest BCUT2D eigenvalue weighted by Gasteiger charge is 2.51. The van der Waals surface area contributed by atoms with Crippen molar-refractivity contribution in [2.75, 3.05) is 18.4 Å². The summed E-state index contributed by atoms with van der Waals surface area (Å²) >= 11 is 5.99. The van der Waals surface area contributed by atoms with Crippen LogP contribution >= 0.6 is 11.6 Å². The molecular weight excluding hydrogens is 916 g/mol. The molecule has 380 valence electrons. The molecule has 4 aromatic carbocycles.